The summed E-state index contributed by atoms with van der Waals surface area (Å²) in [6.07, 6.45) is 0.824. The molecule has 0 aliphatic rings. The molecule has 0 fully saturated rings. The second-order valence-corrected chi connectivity index (χ2v) is 5.33. The van der Waals surface area contributed by atoms with E-state index in [1.165, 1.54) is 5.56 Å². The summed E-state index contributed by atoms with van der Waals surface area (Å²) in [4.78, 5) is 0. The van der Waals surface area contributed by atoms with Crippen molar-refractivity contribution in [2.75, 3.05) is 27.4 Å². The highest BCUT2D eigenvalue weighted by Gasteiger charge is 2.16. The van der Waals surface area contributed by atoms with Gasteiger partial charge in [-0.1, -0.05) is 13.0 Å². The lowest BCUT2D eigenvalue weighted by atomic mass is 10.1. The molecule has 0 amide bonds. The molecule has 1 aromatic rings. The number of hydrogen-bond acceptors (Lipinski definition) is 4. The third-order valence-corrected chi connectivity index (χ3v) is 3.32. The highest BCUT2D eigenvalue weighted by atomic mass is 16.5. The molecule has 4 heteroatoms. The van der Waals surface area contributed by atoms with Crippen LogP contribution in [0.25, 0.3) is 0 Å². The van der Waals surface area contributed by atoms with Crippen LogP contribution in [0.2, 0.25) is 0 Å². The first-order valence-corrected chi connectivity index (χ1v) is 7.08. The van der Waals surface area contributed by atoms with Crippen LogP contribution >= 0.6 is 0 Å². The lowest BCUT2D eigenvalue weighted by molar-refractivity contribution is 0.00525. The average Bonchev–Trinajstić information content (AvgIpc) is 2.45. The summed E-state index contributed by atoms with van der Waals surface area (Å²) in [5, 5.41) is 3.30. The zero-order valence-corrected chi connectivity index (χ0v) is 13.3. The Kier molecular flexibility index (Phi) is 6.82. The van der Waals surface area contributed by atoms with Gasteiger partial charge < -0.3 is 19.5 Å². The number of ether oxygens (including phenoxy) is 3. The van der Waals surface area contributed by atoms with Gasteiger partial charge in [-0.3, -0.25) is 0 Å². The van der Waals surface area contributed by atoms with E-state index in [2.05, 4.69) is 26.1 Å². The van der Waals surface area contributed by atoms with Crippen LogP contribution < -0.4 is 14.8 Å². The van der Waals surface area contributed by atoms with Crippen LogP contribution in [0.4, 0.5) is 0 Å². The van der Waals surface area contributed by atoms with E-state index in [0.29, 0.717) is 6.61 Å². The van der Waals surface area contributed by atoms with Crippen molar-refractivity contribution in [1.29, 1.82) is 0 Å². The predicted octanol–water partition coefficient (Wildman–Crippen LogP) is 3.00. The third-order valence-electron chi connectivity index (χ3n) is 3.32. The van der Waals surface area contributed by atoms with Gasteiger partial charge in [-0.15, -0.1) is 0 Å². The van der Waals surface area contributed by atoms with Gasteiger partial charge in [-0.05, 0) is 38.1 Å². The number of benzene rings is 1. The van der Waals surface area contributed by atoms with Crippen molar-refractivity contribution in [3.05, 3.63) is 23.8 Å². The molecule has 0 saturated heterocycles. The summed E-state index contributed by atoms with van der Waals surface area (Å²) < 4.78 is 16.6. The summed E-state index contributed by atoms with van der Waals surface area (Å²) >= 11 is 0. The van der Waals surface area contributed by atoms with Gasteiger partial charge in [-0.25, -0.2) is 0 Å². The number of nitrogens with one attached hydrogen (secondary N) is 1. The van der Waals surface area contributed by atoms with E-state index in [1.807, 2.05) is 18.2 Å². The fourth-order valence-electron chi connectivity index (χ4n) is 1.72. The Bertz CT molecular complexity index is 405. The zero-order valence-electron chi connectivity index (χ0n) is 13.3. The minimum Gasteiger partial charge on any atom is -0.493 e. The molecule has 0 aliphatic carbocycles. The molecular weight excluding hydrogens is 254 g/mol. The average molecular weight is 281 g/mol. The number of methoxy groups -OCH3 is 2. The Balaban J connectivity index is 2.66. The largest absolute Gasteiger partial charge is 0.493 e. The van der Waals surface area contributed by atoms with E-state index in [4.69, 9.17) is 14.2 Å². The Morgan fingerprint density at radius 1 is 1.15 bits per heavy atom. The summed E-state index contributed by atoms with van der Waals surface area (Å²) in [7, 11) is 3.38. The van der Waals surface area contributed by atoms with Crippen molar-refractivity contribution >= 4 is 0 Å². The highest BCUT2D eigenvalue weighted by Crippen LogP contribution is 2.28. The van der Waals surface area contributed by atoms with Crippen LogP contribution in [0, 0.1) is 0 Å². The topological polar surface area (TPSA) is 39.7 Å². The van der Waals surface area contributed by atoms with E-state index in [1.54, 1.807) is 14.2 Å². The maximum atomic E-state index is 5.85. The van der Waals surface area contributed by atoms with E-state index >= 15 is 0 Å². The quantitative estimate of drug-likeness (QED) is 0.755. The van der Waals surface area contributed by atoms with Crippen molar-refractivity contribution in [2.24, 2.45) is 0 Å². The van der Waals surface area contributed by atoms with E-state index in [9.17, 15) is 0 Å². The van der Waals surface area contributed by atoms with Crippen molar-refractivity contribution in [2.45, 2.75) is 39.3 Å². The smallest absolute Gasteiger partial charge is 0.161 e. The van der Waals surface area contributed by atoms with Gasteiger partial charge in [0, 0.05) is 20.1 Å². The van der Waals surface area contributed by atoms with Crippen LogP contribution in [0.1, 0.15) is 32.8 Å². The molecule has 4 nitrogen and oxygen atoms in total. The van der Waals surface area contributed by atoms with Gasteiger partial charge in [0.05, 0.1) is 19.3 Å². The van der Waals surface area contributed by atoms with Gasteiger partial charge in [-0.2, -0.15) is 0 Å². The Labute approximate surface area is 122 Å². The highest BCUT2D eigenvalue weighted by molar-refractivity contribution is 5.42. The van der Waals surface area contributed by atoms with Crippen LogP contribution in [-0.4, -0.2) is 33.0 Å². The van der Waals surface area contributed by atoms with Gasteiger partial charge in [0.2, 0.25) is 0 Å². The van der Waals surface area contributed by atoms with Crippen LogP contribution in [0.15, 0.2) is 18.2 Å². The molecule has 0 spiro atoms. The first kappa shape index (κ1) is 16.8. The molecule has 0 radical (unpaired) electrons. The summed E-state index contributed by atoms with van der Waals surface area (Å²) in [5.74, 6) is 1.55. The fraction of sp³-hybridized carbons (Fsp3) is 0.625. The van der Waals surface area contributed by atoms with Gasteiger partial charge in [0.15, 0.2) is 11.5 Å². The SMILES string of the molecule is CCNCc1ccc(OC)c(OCCC(C)(C)OC)c1. The third kappa shape index (κ3) is 5.39. The maximum absolute atomic E-state index is 5.85. The monoisotopic (exact) mass is 281 g/mol. The van der Waals surface area contributed by atoms with Crippen molar-refractivity contribution < 1.29 is 14.2 Å². The molecule has 1 aromatic carbocycles. The molecule has 0 unspecified atom stereocenters. The maximum Gasteiger partial charge on any atom is 0.161 e. The van der Waals surface area contributed by atoms with Gasteiger partial charge in [0.25, 0.3) is 0 Å². The molecule has 0 atom stereocenters. The number of hydrogen-bond donors (Lipinski definition) is 1. The lowest BCUT2D eigenvalue weighted by Crippen LogP contribution is -2.25. The standard InChI is InChI=1S/C16H27NO3/c1-6-17-12-13-7-8-14(18-4)15(11-13)20-10-9-16(2,3)19-5/h7-8,11,17H,6,9-10,12H2,1-5H3. The molecule has 0 bridgehead atoms. The molecule has 0 heterocycles. The van der Waals surface area contributed by atoms with Crippen LogP contribution in [0.3, 0.4) is 0 Å². The van der Waals surface area contributed by atoms with Crippen LogP contribution in [0.5, 0.6) is 11.5 Å². The Hall–Kier alpha value is -1.26. The Morgan fingerprint density at radius 2 is 1.90 bits per heavy atom. The van der Waals surface area contributed by atoms with Gasteiger partial charge >= 0.3 is 0 Å². The van der Waals surface area contributed by atoms with Crippen molar-refractivity contribution in [1.82, 2.24) is 5.32 Å². The molecular formula is C16H27NO3. The van der Waals surface area contributed by atoms with Gasteiger partial charge in [0.1, 0.15) is 0 Å². The minimum absolute atomic E-state index is 0.172. The molecule has 114 valence electrons. The van der Waals surface area contributed by atoms with E-state index in [-0.39, 0.29) is 5.60 Å². The normalized spacial score (nSPS) is 11.4. The second-order valence-electron chi connectivity index (χ2n) is 5.33. The molecule has 0 aliphatic heterocycles. The first-order valence-electron chi connectivity index (χ1n) is 7.08. The Morgan fingerprint density at radius 3 is 2.50 bits per heavy atom. The predicted molar refractivity (Wildman–Crippen MR) is 81.6 cm³/mol. The van der Waals surface area contributed by atoms with Crippen LogP contribution in [-0.2, 0) is 11.3 Å². The zero-order chi connectivity index (χ0) is 15.0. The van der Waals surface area contributed by atoms with E-state index in [0.717, 1.165) is 31.0 Å². The van der Waals surface area contributed by atoms with Crippen molar-refractivity contribution in [3.8, 4) is 11.5 Å². The minimum atomic E-state index is -0.172. The second kappa shape index (κ2) is 8.12. The summed E-state index contributed by atoms with van der Waals surface area (Å²) in [6.45, 7) is 8.57. The molecule has 20 heavy (non-hydrogen) atoms. The molecule has 0 aromatic heterocycles. The molecule has 0 saturated carbocycles. The first-order chi connectivity index (χ1) is 9.52. The lowest BCUT2D eigenvalue weighted by Gasteiger charge is -2.23. The molecule has 1 N–H and O–H groups in total. The fourth-order valence-corrected chi connectivity index (χ4v) is 1.72. The number of rotatable bonds is 9. The van der Waals surface area contributed by atoms with E-state index < -0.39 is 0 Å². The molecule has 1 rings (SSSR count). The summed E-state index contributed by atoms with van der Waals surface area (Å²) in [5.41, 5.74) is 1.02. The van der Waals surface area contributed by atoms with Crippen molar-refractivity contribution in [3.63, 3.8) is 0 Å². The summed E-state index contributed by atoms with van der Waals surface area (Å²) in [6, 6.07) is 6.03.